The third-order valence-corrected chi connectivity index (χ3v) is 3.66. The summed E-state index contributed by atoms with van der Waals surface area (Å²) in [5, 5.41) is 14.7. The lowest BCUT2D eigenvalue weighted by Crippen LogP contribution is -2.87. The first kappa shape index (κ1) is 12.0. The van der Waals surface area contributed by atoms with Crippen LogP contribution < -0.4 is 10.4 Å². The van der Waals surface area contributed by atoms with Crippen LogP contribution in [-0.4, -0.2) is 6.04 Å². The number of hydrogen-bond acceptors (Lipinski definition) is 1. The summed E-state index contributed by atoms with van der Waals surface area (Å²) in [6.07, 6.45) is 5.12. The largest absolute Gasteiger partial charge is 0.871 e. The minimum absolute atomic E-state index is 0.0830. The highest BCUT2D eigenvalue weighted by atomic mass is 35.5. The Labute approximate surface area is 106 Å². The van der Waals surface area contributed by atoms with Gasteiger partial charge in [-0.05, 0) is 37.8 Å². The first-order valence-corrected chi connectivity index (χ1v) is 6.40. The molecule has 0 saturated heterocycles. The van der Waals surface area contributed by atoms with Crippen LogP contribution in [0.3, 0.4) is 0 Å². The average Bonchev–Trinajstić information content (AvgIpc) is 2.74. The SMILES string of the molecule is [O-]c1c(Cl)cc(Cl)cc1C[NH2+]C1CCCC1. The maximum Gasteiger partial charge on any atom is 0.101 e. The topological polar surface area (TPSA) is 39.7 Å². The maximum atomic E-state index is 11.7. The van der Waals surface area contributed by atoms with Gasteiger partial charge in [0.1, 0.15) is 6.54 Å². The highest BCUT2D eigenvalue weighted by molar-refractivity contribution is 6.35. The molecular formula is C12H15Cl2NO. The zero-order valence-corrected chi connectivity index (χ0v) is 10.5. The average molecular weight is 260 g/mol. The number of benzene rings is 1. The van der Waals surface area contributed by atoms with Gasteiger partial charge in [0, 0.05) is 15.6 Å². The third kappa shape index (κ3) is 2.82. The number of halogens is 2. The van der Waals surface area contributed by atoms with E-state index in [4.69, 9.17) is 23.2 Å². The molecule has 0 bridgehead atoms. The van der Waals surface area contributed by atoms with Gasteiger partial charge in [-0.1, -0.05) is 29.0 Å². The van der Waals surface area contributed by atoms with E-state index in [-0.39, 0.29) is 10.8 Å². The van der Waals surface area contributed by atoms with Crippen molar-refractivity contribution >= 4 is 23.2 Å². The normalized spacial score (nSPS) is 16.9. The van der Waals surface area contributed by atoms with E-state index in [2.05, 4.69) is 5.32 Å². The Morgan fingerprint density at radius 3 is 2.62 bits per heavy atom. The van der Waals surface area contributed by atoms with Crippen LogP contribution in [0.1, 0.15) is 31.2 Å². The van der Waals surface area contributed by atoms with Gasteiger partial charge in [0.25, 0.3) is 0 Å². The lowest BCUT2D eigenvalue weighted by Gasteiger charge is -2.16. The zero-order chi connectivity index (χ0) is 11.5. The van der Waals surface area contributed by atoms with Gasteiger partial charge >= 0.3 is 0 Å². The molecule has 1 aliphatic rings. The van der Waals surface area contributed by atoms with Gasteiger partial charge in [0.2, 0.25) is 0 Å². The van der Waals surface area contributed by atoms with Gasteiger partial charge in [-0.25, -0.2) is 0 Å². The molecule has 1 aliphatic carbocycles. The Kier molecular flexibility index (Phi) is 3.95. The summed E-state index contributed by atoms with van der Waals surface area (Å²) in [4.78, 5) is 0. The summed E-state index contributed by atoms with van der Waals surface area (Å²) in [6.45, 7) is 0.684. The molecule has 4 heteroatoms. The first-order valence-electron chi connectivity index (χ1n) is 5.65. The second kappa shape index (κ2) is 5.26. The van der Waals surface area contributed by atoms with Crippen LogP contribution in [0.4, 0.5) is 0 Å². The third-order valence-electron chi connectivity index (χ3n) is 3.16. The molecule has 1 aromatic rings. The fraction of sp³-hybridized carbons (Fsp3) is 0.500. The van der Waals surface area contributed by atoms with Crippen LogP contribution >= 0.6 is 23.2 Å². The number of rotatable bonds is 3. The lowest BCUT2D eigenvalue weighted by molar-refractivity contribution is -0.703. The minimum Gasteiger partial charge on any atom is -0.871 e. The summed E-state index contributed by atoms with van der Waals surface area (Å²) in [7, 11) is 0. The van der Waals surface area contributed by atoms with Crippen LogP contribution in [0.25, 0.3) is 0 Å². The molecule has 0 spiro atoms. The van der Waals surface area contributed by atoms with Crippen molar-refractivity contribution in [3.63, 3.8) is 0 Å². The van der Waals surface area contributed by atoms with Gasteiger partial charge in [0.05, 0.1) is 6.04 Å². The van der Waals surface area contributed by atoms with Gasteiger partial charge in [-0.2, -0.15) is 0 Å². The van der Waals surface area contributed by atoms with Crippen molar-refractivity contribution in [2.75, 3.05) is 0 Å². The van der Waals surface area contributed by atoms with Crippen LogP contribution in [-0.2, 0) is 6.54 Å². The number of quaternary nitrogens is 1. The second-order valence-corrected chi connectivity index (χ2v) is 5.20. The Morgan fingerprint density at radius 1 is 1.25 bits per heavy atom. The van der Waals surface area contributed by atoms with Crippen LogP contribution in [0.5, 0.6) is 5.75 Å². The van der Waals surface area contributed by atoms with E-state index < -0.39 is 0 Å². The highest BCUT2D eigenvalue weighted by Gasteiger charge is 2.17. The van der Waals surface area contributed by atoms with Crippen LogP contribution in [0.15, 0.2) is 12.1 Å². The van der Waals surface area contributed by atoms with E-state index >= 15 is 0 Å². The molecule has 0 atom stereocenters. The Bertz CT molecular complexity index is 376. The summed E-state index contributed by atoms with van der Waals surface area (Å²) in [5.41, 5.74) is 0.712. The van der Waals surface area contributed by atoms with E-state index in [0.29, 0.717) is 23.2 Å². The molecule has 0 unspecified atom stereocenters. The Balaban J connectivity index is 2.02. The molecule has 0 heterocycles. The molecule has 88 valence electrons. The van der Waals surface area contributed by atoms with Crippen molar-refractivity contribution in [3.8, 4) is 5.75 Å². The molecular weight excluding hydrogens is 245 g/mol. The van der Waals surface area contributed by atoms with Gasteiger partial charge in [-0.3, -0.25) is 0 Å². The van der Waals surface area contributed by atoms with E-state index in [9.17, 15) is 5.11 Å². The molecule has 0 radical (unpaired) electrons. The van der Waals surface area contributed by atoms with Crippen molar-refractivity contribution in [2.24, 2.45) is 0 Å². The smallest absolute Gasteiger partial charge is 0.101 e. The Morgan fingerprint density at radius 2 is 1.94 bits per heavy atom. The lowest BCUT2D eigenvalue weighted by atomic mass is 10.1. The molecule has 16 heavy (non-hydrogen) atoms. The Hall–Kier alpha value is -0.440. The van der Waals surface area contributed by atoms with Crippen molar-refractivity contribution in [1.82, 2.24) is 0 Å². The summed E-state index contributed by atoms with van der Waals surface area (Å²) in [6, 6.07) is 3.89. The molecule has 1 fully saturated rings. The van der Waals surface area contributed by atoms with E-state index in [1.54, 1.807) is 6.07 Å². The van der Waals surface area contributed by atoms with Gasteiger partial charge in [0.15, 0.2) is 0 Å². The molecule has 0 aliphatic heterocycles. The van der Waals surface area contributed by atoms with Crippen LogP contribution in [0.2, 0.25) is 10.0 Å². The van der Waals surface area contributed by atoms with Gasteiger partial charge in [-0.15, -0.1) is 0 Å². The monoisotopic (exact) mass is 259 g/mol. The standard InChI is InChI=1S/C12H15Cl2NO/c13-9-5-8(12(16)11(14)6-9)7-15-10-3-1-2-4-10/h5-6,10,15-16H,1-4,7H2. The quantitative estimate of drug-likeness (QED) is 0.887. The number of nitrogens with two attached hydrogens (primary N) is 1. The fourth-order valence-electron chi connectivity index (χ4n) is 2.25. The maximum absolute atomic E-state index is 11.7. The van der Waals surface area contributed by atoms with Gasteiger partial charge < -0.3 is 10.4 Å². The predicted molar refractivity (Wildman–Crippen MR) is 63.8 cm³/mol. The summed E-state index contributed by atoms with van der Waals surface area (Å²) >= 11 is 11.7. The van der Waals surface area contributed by atoms with Crippen molar-refractivity contribution in [3.05, 3.63) is 27.7 Å². The molecule has 0 aromatic heterocycles. The molecule has 2 nitrogen and oxygen atoms in total. The van der Waals surface area contributed by atoms with E-state index in [1.807, 2.05) is 0 Å². The van der Waals surface area contributed by atoms with Crippen LogP contribution in [0, 0.1) is 0 Å². The molecule has 1 aromatic carbocycles. The number of hydrogen-bond donors (Lipinski definition) is 1. The fourth-order valence-corrected chi connectivity index (χ4v) is 2.79. The predicted octanol–water partition coefficient (Wildman–Crippen LogP) is 2.07. The molecule has 1 saturated carbocycles. The molecule has 2 rings (SSSR count). The van der Waals surface area contributed by atoms with Crippen molar-refractivity contribution in [1.29, 1.82) is 0 Å². The zero-order valence-electron chi connectivity index (χ0n) is 9.01. The summed E-state index contributed by atoms with van der Waals surface area (Å²) in [5.74, 6) is -0.0830. The molecule has 0 amide bonds. The van der Waals surface area contributed by atoms with Crippen molar-refractivity contribution in [2.45, 2.75) is 38.3 Å². The van der Waals surface area contributed by atoms with E-state index in [0.717, 1.165) is 0 Å². The minimum atomic E-state index is -0.0830. The highest BCUT2D eigenvalue weighted by Crippen LogP contribution is 2.28. The van der Waals surface area contributed by atoms with E-state index in [1.165, 1.54) is 31.7 Å². The molecule has 2 N–H and O–H groups in total. The van der Waals surface area contributed by atoms with Crippen molar-refractivity contribution < 1.29 is 10.4 Å². The summed E-state index contributed by atoms with van der Waals surface area (Å²) < 4.78 is 0. The first-order chi connectivity index (χ1) is 7.66. The second-order valence-electron chi connectivity index (χ2n) is 4.36.